The summed E-state index contributed by atoms with van der Waals surface area (Å²) >= 11 is 5.92. The molecule has 0 fully saturated rings. The van der Waals surface area contributed by atoms with E-state index >= 15 is 0 Å². The average molecular weight is 343 g/mol. The average Bonchev–Trinajstić information content (AvgIpc) is 2.36. The van der Waals surface area contributed by atoms with Gasteiger partial charge in [0, 0.05) is 31.8 Å². The predicted octanol–water partition coefficient (Wildman–Crippen LogP) is 1.58. The Morgan fingerprint density at radius 3 is 2.55 bits per heavy atom. The molecule has 0 aliphatic carbocycles. The van der Waals surface area contributed by atoms with Gasteiger partial charge >= 0.3 is 0 Å². The van der Waals surface area contributed by atoms with Crippen LogP contribution in [0.25, 0.3) is 0 Å². The van der Waals surface area contributed by atoms with Gasteiger partial charge in [0.1, 0.15) is 0 Å². The molecule has 0 aromatic heterocycles. The second-order valence-corrected chi connectivity index (χ2v) is 6.23. The maximum absolute atomic E-state index is 12.0. The third-order valence-corrected chi connectivity index (χ3v) is 4.40. The molecule has 0 aliphatic rings. The monoisotopic (exact) mass is 342 g/mol. The van der Waals surface area contributed by atoms with E-state index in [9.17, 15) is 8.42 Å². The van der Waals surface area contributed by atoms with Crippen molar-refractivity contribution in [1.82, 2.24) is 10.0 Å². The van der Waals surface area contributed by atoms with Gasteiger partial charge in [-0.2, -0.15) is 0 Å². The van der Waals surface area contributed by atoms with Gasteiger partial charge in [-0.1, -0.05) is 17.7 Å². The molecule has 0 atom stereocenters. The molecule has 2 N–H and O–H groups in total. The van der Waals surface area contributed by atoms with E-state index in [4.69, 9.17) is 16.3 Å². The molecule has 1 rings (SSSR count). The molecule has 0 saturated carbocycles. The van der Waals surface area contributed by atoms with Crippen molar-refractivity contribution < 1.29 is 13.2 Å². The Morgan fingerprint density at radius 1 is 1.25 bits per heavy atom. The first kappa shape index (κ1) is 19.6. The van der Waals surface area contributed by atoms with E-state index in [2.05, 4.69) is 10.0 Å². The van der Waals surface area contributed by atoms with Gasteiger partial charge in [-0.25, -0.2) is 13.1 Å². The number of ether oxygens (including phenoxy) is 1. The number of hydrogen-bond donors (Lipinski definition) is 2. The number of halogens is 2. The number of sulfonamides is 1. The fourth-order valence-corrected chi connectivity index (χ4v) is 2.70. The zero-order valence-corrected chi connectivity index (χ0v) is 13.9. The lowest BCUT2D eigenvalue weighted by molar-refractivity contribution is 0.199. The summed E-state index contributed by atoms with van der Waals surface area (Å²) < 4.78 is 31.3. The molecule has 0 amide bonds. The second-order valence-electron chi connectivity index (χ2n) is 4.05. The van der Waals surface area contributed by atoms with Crippen molar-refractivity contribution in [3.8, 4) is 0 Å². The highest BCUT2D eigenvalue weighted by molar-refractivity contribution is 7.89. The van der Waals surface area contributed by atoms with Crippen molar-refractivity contribution in [2.75, 3.05) is 33.4 Å². The third kappa shape index (κ3) is 6.39. The molecular weight excluding hydrogens is 323 g/mol. The highest BCUT2D eigenvalue weighted by Gasteiger charge is 2.14. The van der Waals surface area contributed by atoms with E-state index in [0.29, 0.717) is 31.3 Å². The Kier molecular flexibility index (Phi) is 9.37. The first-order valence-corrected chi connectivity index (χ1v) is 7.79. The number of rotatable bonds is 8. The standard InChI is InChI=1S/C12H19ClN2O3S.ClH/c1-10-3-4-11(9-12(10)13)19(16,17)15-6-5-14-7-8-18-2;/h3-4,9,14-15H,5-8H2,1-2H3;1H. The highest BCUT2D eigenvalue weighted by atomic mass is 35.5. The Morgan fingerprint density at radius 2 is 1.95 bits per heavy atom. The van der Waals surface area contributed by atoms with Crippen LogP contribution < -0.4 is 10.0 Å². The summed E-state index contributed by atoms with van der Waals surface area (Å²) in [6.07, 6.45) is 0. The lowest BCUT2D eigenvalue weighted by Crippen LogP contribution is -2.33. The third-order valence-electron chi connectivity index (χ3n) is 2.53. The van der Waals surface area contributed by atoms with Crippen LogP contribution >= 0.6 is 24.0 Å². The fraction of sp³-hybridized carbons (Fsp3) is 0.500. The summed E-state index contributed by atoms with van der Waals surface area (Å²) in [6, 6.07) is 4.69. The van der Waals surface area contributed by atoms with Crippen LogP contribution in [-0.4, -0.2) is 41.8 Å². The molecule has 116 valence electrons. The molecule has 20 heavy (non-hydrogen) atoms. The summed E-state index contributed by atoms with van der Waals surface area (Å²) in [4.78, 5) is 0.181. The van der Waals surface area contributed by atoms with Gasteiger partial charge in [-0.15, -0.1) is 12.4 Å². The highest BCUT2D eigenvalue weighted by Crippen LogP contribution is 2.19. The quantitative estimate of drug-likeness (QED) is 0.704. The summed E-state index contributed by atoms with van der Waals surface area (Å²) in [7, 11) is -1.88. The molecule has 8 heteroatoms. The summed E-state index contributed by atoms with van der Waals surface area (Å²) in [6.45, 7) is 3.97. The van der Waals surface area contributed by atoms with Crippen molar-refractivity contribution in [2.45, 2.75) is 11.8 Å². The minimum Gasteiger partial charge on any atom is -0.383 e. The van der Waals surface area contributed by atoms with Gasteiger partial charge in [-0.3, -0.25) is 0 Å². The van der Waals surface area contributed by atoms with Crippen LogP contribution in [0.1, 0.15) is 5.56 Å². The van der Waals surface area contributed by atoms with Crippen molar-refractivity contribution in [3.63, 3.8) is 0 Å². The number of aryl methyl sites for hydroxylation is 1. The van der Waals surface area contributed by atoms with E-state index in [-0.39, 0.29) is 17.3 Å². The van der Waals surface area contributed by atoms with Crippen LogP contribution in [0.15, 0.2) is 23.1 Å². The van der Waals surface area contributed by atoms with Crippen molar-refractivity contribution in [2.24, 2.45) is 0 Å². The van der Waals surface area contributed by atoms with Crippen LogP contribution in [0.5, 0.6) is 0 Å². The predicted molar refractivity (Wildman–Crippen MR) is 83.4 cm³/mol. The molecule has 0 aliphatic heterocycles. The Balaban J connectivity index is 0.00000361. The van der Waals surface area contributed by atoms with Crippen LogP contribution in [0.2, 0.25) is 5.02 Å². The van der Waals surface area contributed by atoms with Crippen LogP contribution in [0.3, 0.4) is 0 Å². The van der Waals surface area contributed by atoms with Gasteiger partial charge in [-0.05, 0) is 24.6 Å². The minimum absolute atomic E-state index is 0. The van der Waals surface area contributed by atoms with Crippen LogP contribution in [0, 0.1) is 6.92 Å². The molecule has 1 aromatic carbocycles. The van der Waals surface area contributed by atoms with Gasteiger partial charge in [0.15, 0.2) is 0 Å². The van der Waals surface area contributed by atoms with Gasteiger partial charge in [0.25, 0.3) is 0 Å². The summed E-state index contributed by atoms with van der Waals surface area (Å²) in [5, 5.41) is 3.50. The van der Waals surface area contributed by atoms with E-state index in [1.165, 1.54) is 6.07 Å². The van der Waals surface area contributed by atoms with E-state index < -0.39 is 10.0 Å². The number of benzene rings is 1. The lowest BCUT2D eigenvalue weighted by atomic mass is 10.2. The molecule has 0 bridgehead atoms. The number of hydrogen-bond acceptors (Lipinski definition) is 4. The minimum atomic E-state index is -3.50. The zero-order chi connectivity index (χ0) is 14.3. The summed E-state index contributed by atoms with van der Waals surface area (Å²) in [5.74, 6) is 0. The molecule has 0 spiro atoms. The molecule has 0 radical (unpaired) electrons. The molecule has 1 aromatic rings. The number of nitrogens with one attached hydrogen (secondary N) is 2. The van der Waals surface area contributed by atoms with E-state index in [1.54, 1.807) is 19.2 Å². The van der Waals surface area contributed by atoms with Crippen molar-refractivity contribution in [1.29, 1.82) is 0 Å². The lowest BCUT2D eigenvalue weighted by Gasteiger charge is -2.08. The van der Waals surface area contributed by atoms with Crippen molar-refractivity contribution >= 4 is 34.0 Å². The second kappa shape index (κ2) is 9.55. The zero-order valence-electron chi connectivity index (χ0n) is 11.5. The molecule has 5 nitrogen and oxygen atoms in total. The first-order chi connectivity index (χ1) is 8.97. The van der Waals surface area contributed by atoms with E-state index in [0.717, 1.165) is 5.56 Å². The number of methoxy groups -OCH3 is 1. The van der Waals surface area contributed by atoms with Gasteiger partial charge < -0.3 is 10.1 Å². The normalized spacial score (nSPS) is 11.2. The van der Waals surface area contributed by atoms with Crippen LogP contribution in [-0.2, 0) is 14.8 Å². The maximum atomic E-state index is 12.0. The topological polar surface area (TPSA) is 67.4 Å². The maximum Gasteiger partial charge on any atom is 0.240 e. The molecule has 0 unspecified atom stereocenters. The molecular formula is C12H20Cl2N2O3S. The van der Waals surface area contributed by atoms with Crippen LogP contribution in [0.4, 0.5) is 0 Å². The fourth-order valence-electron chi connectivity index (χ4n) is 1.40. The molecule has 0 saturated heterocycles. The first-order valence-electron chi connectivity index (χ1n) is 5.93. The Labute approximate surface area is 131 Å². The molecule has 0 heterocycles. The Bertz CT molecular complexity index is 509. The van der Waals surface area contributed by atoms with Crippen molar-refractivity contribution in [3.05, 3.63) is 28.8 Å². The van der Waals surface area contributed by atoms with Gasteiger partial charge in [0.2, 0.25) is 10.0 Å². The van der Waals surface area contributed by atoms with E-state index in [1.807, 2.05) is 6.92 Å². The Hall–Kier alpha value is -0.370. The SMILES string of the molecule is COCCNCCNS(=O)(=O)c1ccc(C)c(Cl)c1.Cl. The largest absolute Gasteiger partial charge is 0.383 e. The van der Waals surface area contributed by atoms with Gasteiger partial charge in [0.05, 0.1) is 11.5 Å². The summed E-state index contributed by atoms with van der Waals surface area (Å²) in [5.41, 5.74) is 0.849. The smallest absolute Gasteiger partial charge is 0.240 e.